The lowest BCUT2D eigenvalue weighted by Gasteiger charge is -2.32. The first-order chi connectivity index (χ1) is 11.0. The van der Waals surface area contributed by atoms with Gasteiger partial charge in [-0.05, 0) is 32.6 Å². The Balaban J connectivity index is 1.58. The van der Waals surface area contributed by atoms with E-state index in [0.717, 1.165) is 37.2 Å². The Kier molecular flexibility index (Phi) is 4.84. The molecule has 1 aliphatic carbocycles. The summed E-state index contributed by atoms with van der Waals surface area (Å²) in [6.07, 6.45) is 3.25. The third-order valence-electron chi connectivity index (χ3n) is 4.29. The highest BCUT2D eigenvalue weighted by molar-refractivity contribution is 7.90. The van der Waals surface area contributed by atoms with Crippen molar-refractivity contribution in [3.63, 3.8) is 0 Å². The molecule has 1 aliphatic heterocycles. The molecular weight excluding hydrogens is 316 g/mol. The van der Waals surface area contributed by atoms with Crippen LogP contribution in [0.2, 0.25) is 0 Å². The van der Waals surface area contributed by atoms with Crippen molar-refractivity contribution in [1.29, 1.82) is 0 Å². The van der Waals surface area contributed by atoms with Crippen LogP contribution in [0.25, 0.3) is 0 Å². The number of rotatable bonds is 6. The summed E-state index contributed by atoms with van der Waals surface area (Å²) in [6.45, 7) is 3.49. The van der Waals surface area contributed by atoms with Gasteiger partial charge in [-0.1, -0.05) is 0 Å². The van der Waals surface area contributed by atoms with E-state index in [9.17, 15) is 8.42 Å². The Morgan fingerprint density at radius 3 is 2.57 bits per heavy atom. The summed E-state index contributed by atoms with van der Waals surface area (Å²) in [7, 11) is -1.42. The number of aromatic nitrogens is 2. The Labute approximate surface area is 137 Å². The fraction of sp³-hybridized carbons (Fsp3) is 0.733. The van der Waals surface area contributed by atoms with Crippen LogP contribution < -0.4 is 5.32 Å². The van der Waals surface area contributed by atoms with Gasteiger partial charge in [0.15, 0.2) is 5.82 Å². The van der Waals surface area contributed by atoms with Crippen molar-refractivity contribution in [2.75, 3.05) is 25.5 Å². The molecule has 7 nitrogen and oxygen atoms in total. The molecule has 128 valence electrons. The summed E-state index contributed by atoms with van der Waals surface area (Å²) in [5.41, 5.74) is 0.892. The average molecular weight is 340 g/mol. The third kappa shape index (κ3) is 3.99. The van der Waals surface area contributed by atoms with Gasteiger partial charge in [0.25, 0.3) is 0 Å². The minimum Gasteiger partial charge on any atom is -0.377 e. The van der Waals surface area contributed by atoms with Crippen LogP contribution in [0.3, 0.4) is 0 Å². The maximum absolute atomic E-state index is 12.2. The summed E-state index contributed by atoms with van der Waals surface area (Å²) in [5, 5.41) is 3.29. The zero-order chi connectivity index (χ0) is 16.4. The minimum absolute atomic E-state index is 0.117. The molecule has 23 heavy (non-hydrogen) atoms. The summed E-state index contributed by atoms with van der Waals surface area (Å²) >= 11 is 0. The molecule has 0 unspecified atom stereocenters. The number of hydrogen-bond donors (Lipinski definition) is 1. The van der Waals surface area contributed by atoms with E-state index < -0.39 is 10.0 Å². The molecule has 0 radical (unpaired) electrons. The SMILES string of the molecule is COCc1nc(C)cc(NC2CCN(S(=O)(=O)C3CC3)CC2)n1. The van der Waals surface area contributed by atoms with Crippen molar-refractivity contribution in [2.45, 2.75) is 50.5 Å². The van der Waals surface area contributed by atoms with Gasteiger partial charge in [0.2, 0.25) is 10.0 Å². The first-order valence-corrected chi connectivity index (χ1v) is 9.58. The van der Waals surface area contributed by atoms with Gasteiger partial charge in [-0.2, -0.15) is 0 Å². The molecule has 0 aromatic carbocycles. The predicted octanol–water partition coefficient (Wildman–Crippen LogP) is 1.30. The number of hydrogen-bond acceptors (Lipinski definition) is 6. The Morgan fingerprint density at radius 2 is 1.96 bits per heavy atom. The second-order valence-corrected chi connectivity index (χ2v) is 8.52. The van der Waals surface area contributed by atoms with Crippen LogP contribution in [0.4, 0.5) is 5.82 Å². The quantitative estimate of drug-likeness (QED) is 0.840. The molecule has 8 heteroatoms. The standard InChI is InChI=1S/C15H24N4O3S/c1-11-9-14(18-15(16-11)10-22-2)17-12-5-7-19(8-6-12)23(20,21)13-3-4-13/h9,12-13H,3-8,10H2,1-2H3,(H,16,17,18). The zero-order valence-electron chi connectivity index (χ0n) is 13.7. The molecule has 1 saturated carbocycles. The van der Waals surface area contributed by atoms with E-state index in [2.05, 4.69) is 15.3 Å². The van der Waals surface area contributed by atoms with Crippen molar-refractivity contribution in [3.8, 4) is 0 Å². The topological polar surface area (TPSA) is 84.4 Å². The first-order valence-electron chi connectivity index (χ1n) is 8.08. The van der Waals surface area contributed by atoms with Crippen LogP contribution in [-0.4, -0.2) is 54.2 Å². The van der Waals surface area contributed by atoms with Crippen LogP contribution in [0, 0.1) is 6.92 Å². The number of nitrogens with zero attached hydrogens (tertiary/aromatic N) is 3. The number of anilines is 1. The van der Waals surface area contributed by atoms with Gasteiger partial charge >= 0.3 is 0 Å². The lowest BCUT2D eigenvalue weighted by atomic mass is 10.1. The molecular formula is C15H24N4O3S. The van der Waals surface area contributed by atoms with Gasteiger partial charge in [0, 0.05) is 38.0 Å². The van der Waals surface area contributed by atoms with E-state index in [-0.39, 0.29) is 11.3 Å². The number of ether oxygens (including phenoxy) is 1. The number of piperidine rings is 1. The Bertz CT molecular complexity index is 653. The van der Waals surface area contributed by atoms with E-state index in [0.29, 0.717) is 25.5 Å². The fourth-order valence-corrected chi connectivity index (χ4v) is 4.81. The highest BCUT2D eigenvalue weighted by Gasteiger charge is 2.41. The molecule has 3 rings (SSSR count). The van der Waals surface area contributed by atoms with E-state index >= 15 is 0 Å². The molecule has 1 aromatic rings. The predicted molar refractivity (Wildman–Crippen MR) is 87.6 cm³/mol. The molecule has 0 amide bonds. The molecule has 0 spiro atoms. The molecule has 0 atom stereocenters. The molecule has 1 saturated heterocycles. The molecule has 2 heterocycles. The van der Waals surface area contributed by atoms with E-state index in [4.69, 9.17) is 4.74 Å². The van der Waals surface area contributed by atoms with Crippen LogP contribution >= 0.6 is 0 Å². The Hall–Kier alpha value is -1.25. The van der Waals surface area contributed by atoms with Crippen LogP contribution in [-0.2, 0) is 21.4 Å². The number of sulfonamides is 1. The number of nitrogens with one attached hydrogen (secondary N) is 1. The lowest BCUT2D eigenvalue weighted by Crippen LogP contribution is -2.43. The summed E-state index contributed by atoms with van der Waals surface area (Å²) in [6, 6.07) is 2.15. The van der Waals surface area contributed by atoms with Crippen molar-refractivity contribution in [2.24, 2.45) is 0 Å². The third-order valence-corrected chi connectivity index (χ3v) is 6.68. The van der Waals surface area contributed by atoms with Gasteiger partial charge in [0.1, 0.15) is 12.4 Å². The van der Waals surface area contributed by atoms with Gasteiger partial charge in [-0.3, -0.25) is 0 Å². The van der Waals surface area contributed by atoms with Crippen molar-refractivity contribution in [1.82, 2.24) is 14.3 Å². The number of aryl methyl sites for hydroxylation is 1. The molecule has 1 aromatic heterocycles. The van der Waals surface area contributed by atoms with Crippen LogP contribution in [0.1, 0.15) is 37.2 Å². The molecule has 1 N–H and O–H groups in total. The summed E-state index contributed by atoms with van der Waals surface area (Å²) < 4.78 is 31.2. The van der Waals surface area contributed by atoms with Crippen molar-refractivity contribution in [3.05, 3.63) is 17.6 Å². The fourth-order valence-electron chi connectivity index (χ4n) is 2.94. The molecule has 2 fully saturated rings. The zero-order valence-corrected chi connectivity index (χ0v) is 14.5. The second kappa shape index (κ2) is 6.70. The number of methoxy groups -OCH3 is 1. The molecule has 0 bridgehead atoms. The van der Waals surface area contributed by atoms with Gasteiger partial charge in [0.05, 0.1) is 5.25 Å². The normalized spacial score (nSPS) is 20.6. The average Bonchev–Trinajstić information content (AvgIpc) is 3.32. The van der Waals surface area contributed by atoms with E-state index in [1.165, 1.54) is 0 Å². The summed E-state index contributed by atoms with van der Waals surface area (Å²) in [4.78, 5) is 8.77. The maximum Gasteiger partial charge on any atom is 0.216 e. The van der Waals surface area contributed by atoms with Gasteiger partial charge in [-0.25, -0.2) is 22.7 Å². The van der Waals surface area contributed by atoms with Crippen molar-refractivity contribution >= 4 is 15.8 Å². The van der Waals surface area contributed by atoms with E-state index in [1.54, 1.807) is 11.4 Å². The first kappa shape index (κ1) is 16.6. The molecule has 2 aliphatic rings. The highest BCUT2D eigenvalue weighted by atomic mass is 32.2. The van der Waals surface area contributed by atoms with Crippen molar-refractivity contribution < 1.29 is 13.2 Å². The monoisotopic (exact) mass is 340 g/mol. The second-order valence-electron chi connectivity index (χ2n) is 6.31. The van der Waals surface area contributed by atoms with E-state index in [1.807, 2.05) is 13.0 Å². The smallest absolute Gasteiger partial charge is 0.216 e. The minimum atomic E-state index is -3.04. The summed E-state index contributed by atoms with van der Waals surface area (Å²) in [5.74, 6) is 1.44. The largest absolute Gasteiger partial charge is 0.377 e. The Morgan fingerprint density at radius 1 is 1.26 bits per heavy atom. The lowest BCUT2D eigenvalue weighted by molar-refractivity contribution is 0.177. The maximum atomic E-state index is 12.2. The van der Waals surface area contributed by atoms with Gasteiger partial charge in [-0.15, -0.1) is 0 Å². The van der Waals surface area contributed by atoms with Crippen LogP contribution in [0.5, 0.6) is 0 Å². The highest BCUT2D eigenvalue weighted by Crippen LogP contribution is 2.32. The van der Waals surface area contributed by atoms with Gasteiger partial charge < -0.3 is 10.1 Å². The van der Waals surface area contributed by atoms with Crippen LogP contribution in [0.15, 0.2) is 6.07 Å².